The lowest BCUT2D eigenvalue weighted by atomic mass is 10.1. The van der Waals surface area contributed by atoms with Gasteiger partial charge < -0.3 is 10.6 Å². The highest BCUT2D eigenvalue weighted by molar-refractivity contribution is 7.15. The van der Waals surface area contributed by atoms with Gasteiger partial charge in [0.15, 0.2) is 0 Å². The molecule has 0 unspecified atom stereocenters. The molecule has 4 nitrogen and oxygen atoms in total. The van der Waals surface area contributed by atoms with Crippen LogP contribution in [0.2, 0.25) is 0 Å². The van der Waals surface area contributed by atoms with Crippen molar-refractivity contribution in [2.24, 2.45) is 0 Å². The summed E-state index contributed by atoms with van der Waals surface area (Å²) in [6.45, 7) is 3.85. The first-order chi connectivity index (χ1) is 12.7. The highest BCUT2D eigenvalue weighted by atomic mass is 32.1. The molecule has 3 rings (SSSR count). The number of amides is 2. The molecule has 0 saturated carbocycles. The van der Waals surface area contributed by atoms with Crippen LogP contribution < -0.4 is 10.6 Å². The van der Waals surface area contributed by atoms with Crippen LogP contribution in [0.4, 0.5) is 5.69 Å². The Labute approximate surface area is 156 Å². The number of benzene rings is 2. The largest absolute Gasteiger partial charge is 0.347 e. The molecule has 5 heteroatoms. The second-order valence-corrected chi connectivity index (χ2v) is 6.72. The molecule has 0 aliphatic carbocycles. The molecule has 1 aromatic heterocycles. The monoisotopic (exact) mass is 362 g/mol. The number of para-hydroxylation sites is 1. The zero-order valence-corrected chi connectivity index (χ0v) is 14.9. The van der Waals surface area contributed by atoms with E-state index >= 15 is 0 Å². The van der Waals surface area contributed by atoms with E-state index in [0.29, 0.717) is 17.8 Å². The molecule has 0 bridgehead atoms. The zero-order chi connectivity index (χ0) is 18.4. The molecular formula is C21H18N2O2S. The van der Waals surface area contributed by atoms with E-state index in [1.165, 1.54) is 6.08 Å². The van der Waals surface area contributed by atoms with Gasteiger partial charge in [-0.1, -0.05) is 49.0 Å². The van der Waals surface area contributed by atoms with Gasteiger partial charge in [0, 0.05) is 9.75 Å². The molecule has 0 saturated heterocycles. The van der Waals surface area contributed by atoms with E-state index in [-0.39, 0.29) is 11.8 Å². The maximum atomic E-state index is 12.5. The summed E-state index contributed by atoms with van der Waals surface area (Å²) in [4.78, 5) is 26.2. The fourth-order valence-corrected chi connectivity index (χ4v) is 3.42. The molecule has 2 N–H and O–H groups in total. The van der Waals surface area contributed by atoms with Crippen LogP contribution >= 0.6 is 11.3 Å². The molecule has 0 aliphatic rings. The van der Waals surface area contributed by atoms with Crippen LogP contribution in [-0.4, -0.2) is 11.8 Å². The Balaban J connectivity index is 1.67. The first kappa shape index (κ1) is 17.6. The third-order valence-electron chi connectivity index (χ3n) is 3.76. The highest BCUT2D eigenvalue weighted by Gasteiger charge is 2.12. The van der Waals surface area contributed by atoms with Gasteiger partial charge in [0.2, 0.25) is 5.91 Å². The summed E-state index contributed by atoms with van der Waals surface area (Å²) in [5.41, 5.74) is 2.04. The topological polar surface area (TPSA) is 58.2 Å². The van der Waals surface area contributed by atoms with Crippen LogP contribution in [-0.2, 0) is 11.3 Å². The molecule has 0 aliphatic heterocycles. The molecule has 2 aromatic carbocycles. The van der Waals surface area contributed by atoms with Crippen molar-refractivity contribution in [3.8, 4) is 10.4 Å². The van der Waals surface area contributed by atoms with Gasteiger partial charge in [0.1, 0.15) is 0 Å². The maximum absolute atomic E-state index is 12.5. The van der Waals surface area contributed by atoms with Gasteiger partial charge in [-0.3, -0.25) is 9.59 Å². The Kier molecular flexibility index (Phi) is 5.61. The Hall–Kier alpha value is -3.18. The van der Waals surface area contributed by atoms with Crippen molar-refractivity contribution in [1.29, 1.82) is 0 Å². The van der Waals surface area contributed by atoms with Crippen molar-refractivity contribution in [2.75, 3.05) is 5.32 Å². The minimum atomic E-state index is -0.351. The van der Waals surface area contributed by atoms with Gasteiger partial charge in [-0.15, -0.1) is 11.3 Å². The molecule has 0 fully saturated rings. The van der Waals surface area contributed by atoms with Crippen LogP contribution in [0.25, 0.3) is 10.4 Å². The van der Waals surface area contributed by atoms with E-state index in [2.05, 4.69) is 35.4 Å². The third kappa shape index (κ3) is 4.26. The molecule has 130 valence electrons. The SMILES string of the molecule is C=CC(=O)Nc1ccccc1C(=O)NCc1ccc(-c2ccccc2)s1. The summed E-state index contributed by atoms with van der Waals surface area (Å²) in [5.74, 6) is -0.587. The highest BCUT2D eigenvalue weighted by Crippen LogP contribution is 2.27. The predicted octanol–water partition coefficient (Wildman–Crippen LogP) is 4.47. The van der Waals surface area contributed by atoms with E-state index in [4.69, 9.17) is 0 Å². The molecule has 3 aromatic rings. The first-order valence-corrected chi connectivity index (χ1v) is 8.94. The van der Waals surface area contributed by atoms with Gasteiger partial charge in [0.25, 0.3) is 5.91 Å². The summed E-state index contributed by atoms with van der Waals surface area (Å²) in [7, 11) is 0. The van der Waals surface area contributed by atoms with Gasteiger partial charge in [-0.2, -0.15) is 0 Å². The third-order valence-corrected chi connectivity index (χ3v) is 4.89. The van der Waals surface area contributed by atoms with Crippen LogP contribution in [0.5, 0.6) is 0 Å². The zero-order valence-electron chi connectivity index (χ0n) is 14.1. The number of carbonyl (C=O) groups excluding carboxylic acids is 2. The van der Waals surface area contributed by atoms with Crippen molar-refractivity contribution in [1.82, 2.24) is 5.32 Å². The van der Waals surface area contributed by atoms with Crippen molar-refractivity contribution >= 4 is 28.8 Å². The van der Waals surface area contributed by atoms with Crippen molar-refractivity contribution in [3.05, 3.63) is 89.8 Å². The van der Waals surface area contributed by atoms with E-state index < -0.39 is 0 Å². The number of thiophene rings is 1. The van der Waals surface area contributed by atoms with E-state index in [1.807, 2.05) is 24.3 Å². The fraction of sp³-hybridized carbons (Fsp3) is 0.0476. The van der Waals surface area contributed by atoms with Gasteiger partial charge in [-0.25, -0.2) is 0 Å². The van der Waals surface area contributed by atoms with Gasteiger partial charge in [0.05, 0.1) is 17.8 Å². The lowest BCUT2D eigenvalue weighted by molar-refractivity contribution is -0.111. The lowest BCUT2D eigenvalue weighted by Gasteiger charge is -2.10. The number of anilines is 1. The minimum Gasteiger partial charge on any atom is -0.347 e. The second kappa shape index (κ2) is 8.27. The van der Waals surface area contributed by atoms with Crippen LogP contribution in [0.1, 0.15) is 15.2 Å². The fourth-order valence-electron chi connectivity index (χ4n) is 2.47. The molecule has 2 amide bonds. The maximum Gasteiger partial charge on any atom is 0.253 e. The average Bonchev–Trinajstić information content (AvgIpc) is 3.16. The average molecular weight is 362 g/mol. The number of hydrogen-bond donors (Lipinski definition) is 2. The van der Waals surface area contributed by atoms with Crippen LogP contribution in [0.3, 0.4) is 0 Å². The molecule has 0 spiro atoms. The van der Waals surface area contributed by atoms with Crippen LogP contribution in [0, 0.1) is 0 Å². The van der Waals surface area contributed by atoms with E-state index in [9.17, 15) is 9.59 Å². The summed E-state index contributed by atoms with van der Waals surface area (Å²) in [6.07, 6.45) is 1.17. The molecular weight excluding hydrogens is 344 g/mol. The second-order valence-electron chi connectivity index (χ2n) is 5.55. The lowest BCUT2D eigenvalue weighted by Crippen LogP contribution is -2.24. The summed E-state index contributed by atoms with van der Waals surface area (Å²) in [6, 6.07) is 21.1. The number of hydrogen-bond acceptors (Lipinski definition) is 3. The number of carbonyl (C=O) groups is 2. The molecule has 0 radical (unpaired) electrons. The molecule has 26 heavy (non-hydrogen) atoms. The summed E-state index contributed by atoms with van der Waals surface area (Å²) in [5, 5.41) is 5.56. The Morgan fingerprint density at radius 3 is 2.46 bits per heavy atom. The van der Waals surface area contributed by atoms with Crippen molar-refractivity contribution in [3.63, 3.8) is 0 Å². The number of nitrogens with one attached hydrogen (secondary N) is 2. The Bertz CT molecular complexity index is 932. The Morgan fingerprint density at radius 1 is 0.962 bits per heavy atom. The van der Waals surface area contributed by atoms with Gasteiger partial charge >= 0.3 is 0 Å². The van der Waals surface area contributed by atoms with E-state index in [0.717, 1.165) is 15.3 Å². The first-order valence-electron chi connectivity index (χ1n) is 8.12. The van der Waals surface area contributed by atoms with E-state index in [1.54, 1.807) is 35.6 Å². The standard InChI is InChI=1S/C21H18N2O2S/c1-2-20(24)23-18-11-7-6-10-17(18)21(25)22-14-16-12-13-19(26-16)15-8-4-3-5-9-15/h2-13H,1,14H2,(H,22,25)(H,23,24). The molecule has 0 atom stereocenters. The van der Waals surface area contributed by atoms with Gasteiger partial charge in [-0.05, 0) is 35.9 Å². The van der Waals surface area contributed by atoms with Crippen molar-refractivity contribution in [2.45, 2.75) is 6.54 Å². The smallest absolute Gasteiger partial charge is 0.253 e. The van der Waals surface area contributed by atoms with Crippen molar-refractivity contribution < 1.29 is 9.59 Å². The quantitative estimate of drug-likeness (QED) is 0.636. The molecule has 1 heterocycles. The number of rotatable bonds is 6. The minimum absolute atomic E-state index is 0.236. The summed E-state index contributed by atoms with van der Waals surface area (Å²) >= 11 is 1.64. The Morgan fingerprint density at radius 2 is 1.69 bits per heavy atom. The van der Waals surface area contributed by atoms with Crippen LogP contribution in [0.15, 0.2) is 79.4 Å². The summed E-state index contributed by atoms with van der Waals surface area (Å²) < 4.78 is 0. The predicted molar refractivity (Wildman–Crippen MR) is 106 cm³/mol. The normalized spacial score (nSPS) is 10.2.